The van der Waals surface area contributed by atoms with Crippen LogP contribution in [0.3, 0.4) is 0 Å². The van der Waals surface area contributed by atoms with Crippen LogP contribution in [-0.2, 0) is 0 Å². The molecule has 2 heteroatoms. The highest BCUT2D eigenvalue weighted by Crippen LogP contribution is 2.15. The Balaban J connectivity index is 2.54. The summed E-state index contributed by atoms with van der Waals surface area (Å²) in [4.78, 5) is 0. The van der Waals surface area contributed by atoms with Crippen molar-refractivity contribution in [1.82, 2.24) is 5.01 Å². The fourth-order valence-electron chi connectivity index (χ4n) is 0.898. The molecule has 0 saturated carbocycles. The Morgan fingerprint density at radius 2 is 2.12 bits per heavy atom. The molecule has 0 saturated heterocycles. The smallest absolute Gasteiger partial charge is 0.141 e. The minimum atomic E-state index is 0.913. The second-order valence-electron chi connectivity index (χ2n) is 2.53. The maximum atomic E-state index is 2.25. The van der Waals surface area contributed by atoms with Gasteiger partial charge in [-0.25, -0.2) is 5.01 Å². The highest BCUT2D eigenvalue weighted by atomic mass is 15.8. The van der Waals surface area contributed by atoms with Gasteiger partial charge >= 0.3 is 0 Å². The van der Waals surface area contributed by atoms with E-state index in [0.717, 1.165) is 11.1 Å². The van der Waals surface area contributed by atoms with Crippen molar-refractivity contribution >= 4 is 0 Å². The van der Waals surface area contributed by atoms with Gasteiger partial charge < -0.3 is 0 Å². The first-order valence-electron chi connectivity index (χ1n) is 2.97. The molecule has 1 heterocycles. The van der Waals surface area contributed by atoms with Crippen LogP contribution in [0.15, 0.2) is 12.4 Å². The van der Waals surface area contributed by atoms with Crippen molar-refractivity contribution in [3.05, 3.63) is 12.4 Å². The van der Waals surface area contributed by atoms with Crippen LogP contribution in [0.5, 0.6) is 0 Å². The number of hydrogen-bond donors (Lipinski definition) is 0. The molecule has 1 rings (SSSR count). The van der Waals surface area contributed by atoms with Gasteiger partial charge in [0.1, 0.15) is 12.4 Å². The lowest BCUT2D eigenvalue weighted by molar-refractivity contribution is -0.972. The number of rotatable bonds is 1. The maximum absolute atomic E-state index is 2.25. The summed E-state index contributed by atoms with van der Waals surface area (Å²) in [7, 11) is 4.31. The third-order valence-corrected chi connectivity index (χ3v) is 1.59. The largest absolute Gasteiger partial charge is 0.222 e. The van der Waals surface area contributed by atoms with Gasteiger partial charge in [-0.3, -0.25) is 0 Å². The van der Waals surface area contributed by atoms with Crippen LogP contribution in [0, 0.1) is 0 Å². The van der Waals surface area contributed by atoms with Crippen LogP contribution in [-0.4, -0.2) is 30.2 Å². The van der Waals surface area contributed by atoms with Gasteiger partial charge in [0.15, 0.2) is 0 Å². The SMILES string of the molecule is CCN1C=C[N+]1(C)C. The number of hydrogen-bond acceptors (Lipinski definition) is 1. The van der Waals surface area contributed by atoms with E-state index in [9.17, 15) is 0 Å². The Labute approximate surface area is 50.6 Å². The number of nitrogens with zero attached hydrogens (tertiary/aromatic N) is 2. The zero-order valence-corrected chi connectivity index (χ0v) is 5.76. The average molecular weight is 113 g/mol. The van der Waals surface area contributed by atoms with Gasteiger partial charge in [-0.05, 0) is 6.92 Å². The molecule has 1 aliphatic heterocycles. The second kappa shape index (κ2) is 1.49. The lowest BCUT2D eigenvalue weighted by atomic mass is 10.5. The summed E-state index contributed by atoms with van der Waals surface area (Å²) in [5, 5.41) is 2.25. The molecule has 0 aromatic rings. The normalized spacial score (nSPS) is 23.1. The summed E-state index contributed by atoms with van der Waals surface area (Å²) >= 11 is 0. The quantitative estimate of drug-likeness (QED) is 0.454. The third kappa shape index (κ3) is 0.611. The van der Waals surface area contributed by atoms with E-state index >= 15 is 0 Å². The van der Waals surface area contributed by atoms with Gasteiger partial charge in [-0.15, -0.1) is 0 Å². The van der Waals surface area contributed by atoms with Crippen molar-refractivity contribution in [3.63, 3.8) is 0 Å². The molecule has 0 atom stereocenters. The van der Waals surface area contributed by atoms with Crippen LogP contribution in [0.25, 0.3) is 0 Å². The van der Waals surface area contributed by atoms with Gasteiger partial charge in [-0.2, -0.15) is 4.59 Å². The van der Waals surface area contributed by atoms with E-state index in [-0.39, 0.29) is 0 Å². The number of quaternary nitrogens is 1. The highest BCUT2D eigenvalue weighted by Gasteiger charge is 2.26. The molecule has 0 aliphatic carbocycles. The Morgan fingerprint density at radius 3 is 2.12 bits per heavy atom. The van der Waals surface area contributed by atoms with E-state index in [2.05, 4.69) is 38.4 Å². The van der Waals surface area contributed by atoms with E-state index in [1.54, 1.807) is 0 Å². The molecule has 0 bridgehead atoms. The lowest BCUT2D eigenvalue weighted by Crippen LogP contribution is -2.53. The first-order chi connectivity index (χ1) is 3.67. The van der Waals surface area contributed by atoms with Gasteiger partial charge in [0.25, 0.3) is 0 Å². The zero-order chi connectivity index (χ0) is 6.20. The fraction of sp³-hybridized carbons (Fsp3) is 0.667. The van der Waals surface area contributed by atoms with Crippen molar-refractivity contribution in [3.8, 4) is 0 Å². The fourth-order valence-corrected chi connectivity index (χ4v) is 0.898. The molecular formula is C6H13N2+. The Hall–Kier alpha value is -0.500. The van der Waals surface area contributed by atoms with Crippen molar-refractivity contribution in [2.75, 3.05) is 20.6 Å². The Morgan fingerprint density at radius 1 is 1.50 bits per heavy atom. The molecule has 8 heavy (non-hydrogen) atoms. The van der Waals surface area contributed by atoms with E-state index in [1.165, 1.54) is 0 Å². The molecular weight excluding hydrogens is 100 g/mol. The van der Waals surface area contributed by atoms with Crippen LogP contribution in [0.2, 0.25) is 0 Å². The summed E-state index contributed by atoms with van der Waals surface area (Å²) in [6.07, 6.45) is 4.27. The summed E-state index contributed by atoms with van der Waals surface area (Å²) < 4.78 is 0.913. The van der Waals surface area contributed by atoms with Gasteiger partial charge in [0.2, 0.25) is 0 Å². The molecule has 0 fully saturated rings. The first-order valence-corrected chi connectivity index (χ1v) is 2.97. The molecule has 2 nitrogen and oxygen atoms in total. The van der Waals surface area contributed by atoms with E-state index in [4.69, 9.17) is 0 Å². The zero-order valence-electron chi connectivity index (χ0n) is 5.76. The standard InChI is InChI=1S/C6H13N2/c1-4-7-5-6-8(7,2)3/h5-6H,4H2,1-3H3/q+1. The topological polar surface area (TPSA) is 3.24 Å². The lowest BCUT2D eigenvalue weighted by Gasteiger charge is -2.41. The minimum absolute atomic E-state index is 0.913. The summed E-state index contributed by atoms with van der Waals surface area (Å²) in [6.45, 7) is 3.26. The van der Waals surface area contributed by atoms with Crippen molar-refractivity contribution in [2.45, 2.75) is 6.92 Å². The molecule has 0 radical (unpaired) electrons. The molecule has 0 unspecified atom stereocenters. The molecule has 0 aromatic carbocycles. The molecule has 0 spiro atoms. The van der Waals surface area contributed by atoms with Crippen molar-refractivity contribution < 1.29 is 4.59 Å². The third-order valence-electron chi connectivity index (χ3n) is 1.59. The predicted molar refractivity (Wildman–Crippen MR) is 33.6 cm³/mol. The molecule has 0 amide bonds. The van der Waals surface area contributed by atoms with Crippen LogP contribution >= 0.6 is 0 Å². The maximum Gasteiger partial charge on any atom is 0.141 e. The summed E-state index contributed by atoms with van der Waals surface area (Å²) in [5.74, 6) is 0. The highest BCUT2D eigenvalue weighted by molar-refractivity contribution is 4.78. The van der Waals surface area contributed by atoms with Crippen molar-refractivity contribution in [1.29, 1.82) is 0 Å². The molecule has 0 N–H and O–H groups in total. The van der Waals surface area contributed by atoms with Crippen LogP contribution in [0.4, 0.5) is 0 Å². The second-order valence-corrected chi connectivity index (χ2v) is 2.53. The predicted octanol–water partition coefficient (Wildman–Crippen LogP) is 0.784. The summed E-state index contributed by atoms with van der Waals surface area (Å²) in [6, 6.07) is 0. The Kier molecular flexibility index (Phi) is 1.05. The van der Waals surface area contributed by atoms with Crippen molar-refractivity contribution in [2.24, 2.45) is 0 Å². The van der Waals surface area contributed by atoms with E-state index in [0.29, 0.717) is 0 Å². The minimum Gasteiger partial charge on any atom is -0.222 e. The van der Waals surface area contributed by atoms with Gasteiger partial charge in [0, 0.05) is 0 Å². The molecule has 0 aromatic heterocycles. The van der Waals surface area contributed by atoms with Gasteiger partial charge in [-0.1, -0.05) is 0 Å². The van der Waals surface area contributed by atoms with Crippen LogP contribution in [0.1, 0.15) is 6.92 Å². The molecule has 46 valence electrons. The Bertz CT molecular complexity index is 116. The van der Waals surface area contributed by atoms with E-state index in [1.807, 2.05) is 0 Å². The monoisotopic (exact) mass is 113 g/mol. The summed E-state index contributed by atoms with van der Waals surface area (Å²) in [5.41, 5.74) is 0. The first kappa shape index (κ1) is 5.63. The average Bonchev–Trinajstić information content (AvgIpc) is 1.66. The van der Waals surface area contributed by atoms with Gasteiger partial charge in [0.05, 0.1) is 20.6 Å². The van der Waals surface area contributed by atoms with E-state index < -0.39 is 0 Å². The van der Waals surface area contributed by atoms with Crippen LogP contribution < -0.4 is 0 Å². The molecule has 1 aliphatic rings.